The zero-order valence-corrected chi connectivity index (χ0v) is 15.6. The maximum atomic E-state index is 12.9. The lowest BCUT2D eigenvalue weighted by molar-refractivity contribution is 0.0893. The van der Waals surface area contributed by atoms with Crippen LogP contribution < -0.4 is 0 Å². The molecule has 0 bridgehead atoms. The van der Waals surface area contributed by atoms with Crippen LogP contribution in [0.3, 0.4) is 0 Å². The van der Waals surface area contributed by atoms with E-state index in [1.165, 1.54) is 9.42 Å². The lowest BCUT2D eigenvalue weighted by atomic mass is 10.0. The Balaban J connectivity index is 2.37. The molecule has 1 aliphatic heterocycles. The summed E-state index contributed by atoms with van der Waals surface area (Å²) in [6.45, 7) is 4.08. The van der Waals surface area contributed by atoms with Gasteiger partial charge in [-0.2, -0.15) is 0 Å². The Hall–Kier alpha value is -0.960. The molecule has 6 nitrogen and oxygen atoms in total. The van der Waals surface area contributed by atoms with Crippen molar-refractivity contribution in [3.8, 4) is 0 Å². The largest absolute Gasteiger partial charge is 0.256 e. The van der Waals surface area contributed by atoms with Crippen LogP contribution in [0.15, 0.2) is 29.2 Å². The lowest BCUT2D eigenvalue weighted by Gasteiger charge is -2.32. The number of hydrazine groups is 1. The summed E-state index contributed by atoms with van der Waals surface area (Å²) in [7, 11) is -3.72. The maximum absolute atomic E-state index is 12.9. The van der Waals surface area contributed by atoms with Crippen LogP contribution in [0.2, 0.25) is 0 Å². The summed E-state index contributed by atoms with van der Waals surface area (Å²) >= 11 is 0. The van der Waals surface area contributed by atoms with E-state index < -0.39 is 25.9 Å². The SMILES string of the molecule is CC(C)c1ccc(S(=O)(=O)N([C@@H]2CCS(=O)(=O)C2)N(C)C)cc1. The fourth-order valence-electron chi connectivity index (χ4n) is 2.82. The Kier molecular flexibility index (Phi) is 5.20. The zero-order chi connectivity index (χ0) is 17.4. The van der Waals surface area contributed by atoms with Crippen LogP contribution in [0.1, 0.15) is 31.7 Å². The highest BCUT2D eigenvalue weighted by Crippen LogP contribution is 2.26. The van der Waals surface area contributed by atoms with Crippen molar-refractivity contribution in [3.63, 3.8) is 0 Å². The minimum Gasteiger partial charge on any atom is -0.234 e. The normalized spacial score (nSPS) is 21.4. The molecule has 0 spiro atoms. The monoisotopic (exact) mass is 360 g/mol. The van der Waals surface area contributed by atoms with Crippen molar-refractivity contribution in [2.24, 2.45) is 0 Å². The first-order valence-corrected chi connectivity index (χ1v) is 10.8. The van der Waals surface area contributed by atoms with Gasteiger partial charge in [0.15, 0.2) is 9.84 Å². The van der Waals surface area contributed by atoms with Gasteiger partial charge in [0.2, 0.25) is 0 Å². The average Bonchev–Trinajstić information content (AvgIpc) is 2.78. The highest BCUT2D eigenvalue weighted by molar-refractivity contribution is 7.92. The minimum absolute atomic E-state index is 0.0316. The number of rotatable bonds is 5. The fraction of sp³-hybridized carbons (Fsp3) is 0.600. The molecule has 1 atom stereocenters. The third-order valence-corrected chi connectivity index (χ3v) is 7.74. The number of hydrogen-bond acceptors (Lipinski definition) is 5. The van der Waals surface area contributed by atoms with Crippen LogP contribution in [0.25, 0.3) is 0 Å². The molecule has 2 rings (SSSR count). The van der Waals surface area contributed by atoms with E-state index in [1.807, 2.05) is 13.8 Å². The fourth-order valence-corrected chi connectivity index (χ4v) is 6.30. The summed E-state index contributed by atoms with van der Waals surface area (Å²) in [6.07, 6.45) is 0.323. The van der Waals surface area contributed by atoms with Gasteiger partial charge in [-0.25, -0.2) is 21.8 Å². The molecule has 8 heteroatoms. The van der Waals surface area contributed by atoms with Crippen molar-refractivity contribution >= 4 is 19.9 Å². The van der Waals surface area contributed by atoms with Gasteiger partial charge in [-0.15, -0.1) is 4.41 Å². The average molecular weight is 361 g/mol. The smallest absolute Gasteiger partial charge is 0.234 e. The Morgan fingerprint density at radius 2 is 1.70 bits per heavy atom. The highest BCUT2D eigenvalue weighted by Gasteiger charge is 2.40. The van der Waals surface area contributed by atoms with Gasteiger partial charge in [0.05, 0.1) is 22.4 Å². The third kappa shape index (κ3) is 3.93. The second kappa shape index (κ2) is 6.51. The molecule has 0 aromatic heterocycles. The zero-order valence-electron chi connectivity index (χ0n) is 13.9. The van der Waals surface area contributed by atoms with Gasteiger partial charge in [0.25, 0.3) is 10.0 Å². The second-order valence-electron chi connectivity index (χ2n) is 6.41. The topological polar surface area (TPSA) is 74.8 Å². The maximum Gasteiger partial charge on any atom is 0.256 e. The van der Waals surface area contributed by atoms with Gasteiger partial charge in [-0.05, 0) is 30.0 Å². The summed E-state index contributed by atoms with van der Waals surface area (Å²) in [5.74, 6) is 0.217. The van der Waals surface area contributed by atoms with E-state index in [9.17, 15) is 16.8 Å². The molecule has 0 radical (unpaired) electrons. The standard InChI is InChI=1S/C15H24N2O4S2/c1-12(2)13-5-7-15(8-6-13)23(20,21)17(16(3)4)14-9-10-22(18,19)11-14/h5-8,12,14H,9-11H2,1-4H3/t14-/m1/s1. The van der Waals surface area contributed by atoms with Crippen molar-refractivity contribution in [1.82, 2.24) is 9.42 Å². The molecule has 23 heavy (non-hydrogen) atoms. The van der Waals surface area contributed by atoms with Gasteiger partial charge in [0, 0.05) is 14.1 Å². The molecule has 1 heterocycles. The van der Waals surface area contributed by atoms with Crippen LogP contribution in [-0.4, -0.2) is 57.9 Å². The number of nitrogens with zero attached hydrogens (tertiary/aromatic N) is 2. The summed E-state index contributed by atoms with van der Waals surface area (Å²) in [5, 5.41) is 1.46. The summed E-state index contributed by atoms with van der Waals surface area (Å²) in [6, 6.07) is 6.23. The molecule has 1 fully saturated rings. The molecule has 0 amide bonds. The Morgan fingerprint density at radius 3 is 2.09 bits per heavy atom. The molecular formula is C15H24N2O4S2. The molecule has 1 saturated heterocycles. The molecule has 0 aliphatic carbocycles. The Morgan fingerprint density at radius 1 is 1.13 bits per heavy atom. The number of benzene rings is 1. The van der Waals surface area contributed by atoms with Crippen molar-refractivity contribution in [2.75, 3.05) is 25.6 Å². The van der Waals surface area contributed by atoms with Gasteiger partial charge in [-0.1, -0.05) is 26.0 Å². The molecule has 1 aliphatic rings. The first-order chi connectivity index (χ1) is 10.5. The van der Waals surface area contributed by atoms with Gasteiger partial charge in [-0.3, -0.25) is 0 Å². The van der Waals surface area contributed by atoms with Crippen molar-refractivity contribution in [2.45, 2.75) is 37.1 Å². The predicted molar refractivity (Wildman–Crippen MR) is 90.3 cm³/mol. The van der Waals surface area contributed by atoms with Gasteiger partial charge < -0.3 is 0 Å². The molecule has 1 aromatic rings. The van der Waals surface area contributed by atoms with Crippen molar-refractivity contribution in [1.29, 1.82) is 0 Å². The molecule has 0 saturated carbocycles. The number of sulfonamides is 1. The van der Waals surface area contributed by atoms with E-state index in [4.69, 9.17) is 0 Å². The first kappa shape index (κ1) is 18.4. The predicted octanol–water partition coefficient (Wildman–Crippen LogP) is 1.46. The van der Waals surface area contributed by atoms with Crippen molar-refractivity contribution in [3.05, 3.63) is 29.8 Å². The molecule has 1 aromatic carbocycles. The molecule has 0 unspecified atom stereocenters. The van der Waals surface area contributed by atoms with E-state index >= 15 is 0 Å². The summed E-state index contributed by atoms with van der Waals surface area (Å²) < 4.78 is 50.5. The van der Waals surface area contributed by atoms with Crippen LogP contribution in [-0.2, 0) is 19.9 Å². The van der Waals surface area contributed by atoms with Crippen LogP contribution in [0, 0.1) is 0 Å². The lowest BCUT2D eigenvalue weighted by Crippen LogP contribution is -2.49. The summed E-state index contributed by atoms with van der Waals surface area (Å²) in [4.78, 5) is 0.180. The quantitative estimate of drug-likeness (QED) is 0.743. The van der Waals surface area contributed by atoms with E-state index in [-0.39, 0.29) is 16.4 Å². The van der Waals surface area contributed by atoms with Crippen LogP contribution in [0.5, 0.6) is 0 Å². The third-order valence-electron chi connectivity index (χ3n) is 4.01. The van der Waals surface area contributed by atoms with E-state index in [0.29, 0.717) is 12.3 Å². The van der Waals surface area contributed by atoms with E-state index in [1.54, 1.807) is 38.4 Å². The summed E-state index contributed by atoms with van der Waals surface area (Å²) in [5.41, 5.74) is 1.06. The molecule has 0 N–H and O–H groups in total. The Labute approximate surface area is 139 Å². The number of sulfone groups is 1. The van der Waals surface area contributed by atoms with Crippen LogP contribution in [0.4, 0.5) is 0 Å². The minimum atomic E-state index is -3.78. The van der Waals surface area contributed by atoms with Gasteiger partial charge >= 0.3 is 0 Å². The van der Waals surface area contributed by atoms with E-state index in [0.717, 1.165) is 5.56 Å². The van der Waals surface area contributed by atoms with Crippen molar-refractivity contribution < 1.29 is 16.8 Å². The van der Waals surface area contributed by atoms with Gasteiger partial charge in [0.1, 0.15) is 0 Å². The molecular weight excluding hydrogens is 336 g/mol. The van der Waals surface area contributed by atoms with E-state index in [2.05, 4.69) is 0 Å². The highest BCUT2D eigenvalue weighted by atomic mass is 32.2. The second-order valence-corrected chi connectivity index (χ2v) is 10.4. The van der Waals surface area contributed by atoms with Crippen LogP contribution >= 0.6 is 0 Å². The Bertz CT molecular complexity index is 753. The molecule has 130 valence electrons. The first-order valence-electron chi connectivity index (χ1n) is 7.56. The number of hydrogen-bond donors (Lipinski definition) is 0.